The van der Waals surface area contributed by atoms with Crippen LogP contribution < -0.4 is 10.6 Å². The van der Waals surface area contributed by atoms with Crippen LogP contribution in [0, 0.1) is 5.92 Å². The molecule has 0 aromatic rings. The largest absolute Gasteiger partial charge is 0.359 e. The zero-order chi connectivity index (χ0) is 9.23. The van der Waals surface area contributed by atoms with Crippen molar-refractivity contribution in [3.05, 3.63) is 0 Å². The van der Waals surface area contributed by atoms with Crippen LogP contribution in [0.15, 0.2) is 0 Å². The molecule has 70 valence electrons. The molecule has 0 radical (unpaired) electrons. The van der Waals surface area contributed by atoms with Gasteiger partial charge in [0.1, 0.15) is 0 Å². The lowest BCUT2D eigenvalue weighted by atomic mass is 10.1. The van der Waals surface area contributed by atoms with E-state index in [2.05, 4.69) is 17.6 Å². The highest BCUT2D eigenvalue weighted by Gasteiger charge is 1.99. The van der Waals surface area contributed by atoms with Crippen LogP contribution in [0.5, 0.6) is 0 Å². The van der Waals surface area contributed by atoms with E-state index in [0.717, 1.165) is 19.4 Å². The number of rotatable bonds is 8. The van der Waals surface area contributed by atoms with Gasteiger partial charge in [-0.05, 0) is 18.8 Å². The van der Waals surface area contributed by atoms with Crippen molar-refractivity contribution < 1.29 is 9.59 Å². The van der Waals surface area contributed by atoms with Crippen LogP contribution in [0.1, 0.15) is 19.8 Å². The Kier molecular flexibility index (Phi) is 7.33. The topological polar surface area (TPSA) is 58.2 Å². The van der Waals surface area contributed by atoms with Crippen molar-refractivity contribution in [2.24, 2.45) is 5.92 Å². The van der Waals surface area contributed by atoms with E-state index in [1.54, 1.807) is 0 Å². The van der Waals surface area contributed by atoms with Gasteiger partial charge < -0.3 is 10.6 Å². The molecule has 2 amide bonds. The first-order chi connectivity index (χ1) is 5.81. The van der Waals surface area contributed by atoms with E-state index in [-0.39, 0.29) is 0 Å². The number of carbonyl (C=O) groups is 2. The van der Waals surface area contributed by atoms with E-state index >= 15 is 0 Å². The third kappa shape index (κ3) is 7.05. The predicted molar refractivity (Wildman–Crippen MR) is 46.5 cm³/mol. The summed E-state index contributed by atoms with van der Waals surface area (Å²) in [7, 11) is 0. The third-order valence-electron chi connectivity index (χ3n) is 1.65. The van der Waals surface area contributed by atoms with Crippen molar-refractivity contribution in [1.82, 2.24) is 10.6 Å². The minimum Gasteiger partial charge on any atom is -0.359 e. The zero-order valence-corrected chi connectivity index (χ0v) is 7.38. The van der Waals surface area contributed by atoms with Crippen molar-refractivity contribution >= 4 is 12.8 Å². The molecular weight excluding hydrogens is 156 g/mol. The molecule has 0 aliphatic carbocycles. The number of nitrogens with one attached hydrogen (secondary N) is 2. The standard InChI is InChI=1S/C8H16N2O2/c1-8(5-10-7-12)3-2-4-9-6-11/h6-8H,2-5H2,1H3,(H,9,11)(H,10,12). The Morgan fingerprint density at radius 1 is 1.25 bits per heavy atom. The second-order valence-corrected chi connectivity index (χ2v) is 2.85. The second kappa shape index (κ2) is 8.04. The zero-order valence-electron chi connectivity index (χ0n) is 7.38. The van der Waals surface area contributed by atoms with Crippen molar-refractivity contribution in [2.45, 2.75) is 19.8 Å². The average molecular weight is 172 g/mol. The molecule has 0 fully saturated rings. The first kappa shape index (κ1) is 10.9. The summed E-state index contributed by atoms with van der Waals surface area (Å²) in [6.45, 7) is 3.50. The molecule has 0 aliphatic heterocycles. The molecule has 0 aromatic carbocycles. The molecule has 2 N–H and O–H groups in total. The van der Waals surface area contributed by atoms with Crippen molar-refractivity contribution in [3.63, 3.8) is 0 Å². The van der Waals surface area contributed by atoms with E-state index < -0.39 is 0 Å². The first-order valence-electron chi connectivity index (χ1n) is 4.15. The van der Waals surface area contributed by atoms with E-state index in [0.29, 0.717) is 25.3 Å². The van der Waals surface area contributed by atoms with Crippen molar-refractivity contribution in [2.75, 3.05) is 13.1 Å². The van der Waals surface area contributed by atoms with E-state index in [9.17, 15) is 9.59 Å². The molecule has 0 saturated heterocycles. The van der Waals surface area contributed by atoms with Crippen LogP contribution in [0.2, 0.25) is 0 Å². The molecule has 0 aromatic heterocycles. The van der Waals surface area contributed by atoms with Crippen LogP contribution in [0.4, 0.5) is 0 Å². The second-order valence-electron chi connectivity index (χ2n) is 2.85. The molecule has 12 heavy (non-hydrogen) atoms. The molecule has 0 heterocycles. The molecule has 0 rings (SSSR count). The molecule has 0 bridgehead atoms. The Morgan fingerprint density at radius 3 is 2.50 bits per heavy atom. The fraction of sp³-hybridized carbons (Fsp3) is 0.750. The van der Waals surface area contributed by atoms with Gasteiger partial charge in [-0.3, -0.25) is 9.59 Å². The molecule has 0 aliphatic rings. The van der Waals surface area contributed by atoms with Gasteiger partial charge in [0.15, 0.2) is 0 Å². The highest BCUT2D eigenvalue weighted by molar-refractivity contribution is 5.46. The number of carbonyl (C=O) groups excluding carboxylic acids is 2. The number of hydrogen-bond acceptors (Lipinski definition) is 2. The lowest BCUT2D eigenvalue weighted by molar-refractivity contribution is -0.110. The Labute approximate surface area is 72.7 Å². The lowest BCUT2D eigenvalue weighted by Gasteiger charge is -2.09. The van der Waals surface area contributed by atoms with Crippen LogP contribution in [0.3, 0.4) is 0 Å². The van der Waals surface area contributed by atoms with Gasteiger partial charge in [0.2, 0.25) is 12.8 Å². The maximum absolute atomic E-state index is 9.92. The summed E-state index contributed by atoms with van der Waals surface area (Å²) in [6.07, 6.45) is 3.39. The summed E-state index contributed by atoms with van der Waals surface area (Å²) >= 11 is 0. The fourth-order valence-electron chi connectivity index (χ4n) is 0.963. The van der Waals surface area contributed by atoms with E-state index in [4.69, 9.17) is 0 Å². The molecule has 0 saturated carbocycles. The minimum absolute atomic E-state index is 0.476. The number of amides is 2. The average Bonchev–Trinajstić information content (AvgIpc) is 2.09. The Balaban J connectivity index is 3.12. The Morgan fingerprint density at radius 2 is 1.92 bits per heavy atom. The summed E-state index contributed by atoms with van der Waals surface area (Å²) in [6, 6.07) is 0. The van der Waals surface area contributed by atoms with Gasteiger partial charge in [-0.2, -0.15) is 0 Å². The van der Waals surface area contributed by atoms with Gasteiger partial charge in [-0.15, -0.1) is 0 Å². The SMILES string of the molecule is CC(CCCNC=O)CNC=O. The summed E-state index contributed by atoms with van der Waals surface area (Å²) in [5, 5.41) is 5.21. The van der Waals surface area contributed by atoms with Crippen molar-refractivity contribution in [3.8, 4) is 0 Å². The van der Waals surface area contributed by atoms with Gasteiger partial charge in [0.25, 0.3) is 0 Å². The minimum atomic E-state index is 0.476. The smallest absolute Gasteiger partial charge is 0.207 e. The number of hydrogen-bond donors (Lipinski definition) is 2. The monoisotopic (exact) mass is 172 g/mol. The fourth-order valence-corrected chi connectivity index (χ4v) is 0.963. The third-order valence-corrected chi connectivity index (χ3v) is 1.65. The van der Waals surface area contributed by atoms with Gasteiger partial charge in [0, 0.05) is 13.1 Å². The van der Waals surface area contributed by atoms with E-state index in [1.165, 1.54) is 0 Å². The maximum Gasteiger partial charge on any atom is 0.207 e. The molecule has 4 nitrogen and oxygen atoms in total. The van der Waals surface area contributed by atoms with Gasteiger partial charge in [-0.25, -0.2) is 0 Å². The summed E-state index contributed by atoms with van der Waals surface area (Å²) in [5.74, 6) is 0.476. The predicted octanol–water partition coefficient (Wildman–Crippen LogP) is -0.105. The Bertz CT molecular complexity index is 128. The highest BCUT2D eigenvalue weighted by atomic mass is 16.1. The van der Waals surface area contributed by atoms with Crippen LogP contribution in [-0.2, 0) is 9.59 Å². The van der Waals surface area contributed by atoms with Gasteiger partial charge in [0.05, 0.1) is 0 Å². The summed E-state index contributed by atoms with van der Waals surface area (Å²) < 4.78 is 0. The molecule has 0 spiro atoms. The molecule has 1 atom stereocenters. The van der Waals surface area contributed by atoms with Crippen LogP contribution in [-0.4, -0.2) is 25.9 Å². The van der Waals surface area contributed by atoms with Gasteiger partial charge >= 0.3 is 0 Å². The van der Waals surface area contributed by atoms with Crippen molar-refractivity contribution in [1.29, 1.82) is 0 Å². The maximum atomic E-state index is 9.92. The van der Waals surface area contributed by atoms with Crippen LogP contribution in [0.25, 0.3) is 0 Å². The quantitative estimate of drug-likeness (QED) is 0.396. The first-order valence-corrected chi connectivity index (χ1v) is 4.15. The highest BCUT2D eigenvalue weighted by Crippen LogP contribution is 2.02. The molecule has 1 unspecified atom stereocenters. The molecular formula is C8H16N2O2. The summed E-state index contributed by atoms with van der Waals surface area (Å²) in [4.78, 5) is 19.8. The van der Waals surface area contributed by atoms with E-state index in [1.807, 2.05) is 0 Å². The normalized spacial score (nSPS) is 11.8. The summed E-state index contributed by atoms with van der Waals surface area (Å²) in [5.41, 5.74) is 0. The molecule has 4 heteroatoms. The van der Waals surface area contributed by atoms with Gasteiger partial charge in [-0.1, -0.05) is 6.92 Å². The Hall–Kier alpha value is -1.06. The lowest BCUT2D eigenvalue weighted by Crippen LogP contribution is -2.20. The van der Waals surface area contributed by atoms with Crippen LogP contribution >= 0.6 is 0 Å².